The van der Waals surface area contributed by atoms with Crippen LogP contribution in [0.25, 0.3) is 0 Å². The second-order valence-electron chi connectivity index (χ2n) is 1.45. The zero-order valence-electron chi connectivity index (χ0n) is 4.68. The molecule has 0 aromatic carbocycles. The quantitative estimate of drug-likeness (QED) is 0.488. The number of ether oxygens (including phenoxy) is 1. The molecule has 0 rings (SSSR count). The third-order valence-corrected chi connectivity index (χ3v) is 0.831. The van der Waals surface area contributed by atoms with E-state index in [-0.39, 0.29) is 6.10 Å². The van der Waals surface area contributed by atoms with Gasteiger partial charge in [0.25, 0.3) is 0 Å². The van der Waals surface area contributed by atoms with E-state index in [1.54, 1.807) is 7.11 Å². The van der Waals surface area contributed by atoms with Gasteiger partial charge in [0.2, 0.25) is 0 Å². The molecule has 0 radical (unpaired) electrons. The van der Waals surface area contributed by atoms with Gasteiger partial charge in [0.05, 0.1) is 6.10 Å². The van der Waals surface area contributed by atoms with Gasteiger partial charge in [-0.2, -0.15) is 0 Å². The fourth-order valence-corrected chi connectivity index (χ4v) is 0.232. The van der Waals surface area contributed by atoms with Crippen molar-refractivity contribution in [3.63, 3.8) is 0 Å². The van der Waals surface area contributed by atoms with Gasteiger partial charge in [0.15, 0.2) is 0 Å². The van der Waals surface area contributed by atoms with E-state index in [9.17, 15) is 4.79 Å². The van der Waals surface area contributed by atoms with Gasteiger partial charge in [-0.05, 0) is 6.92 Å². The van der Waals surface area contributed by atoms with Crippen LogP contribution >= 0.6 is 0 Å². The van der Waals surface area contributed by atoms with Crippen LogP contribution in [0.15, 0.2) is 0 Å². The average Bonchev–Trinajstić information content (AvgIpc) is 1.68. The van der Waals surface area contributed by atoms with Crippen molar-refractivity contribution >= 4 is 6.29 Å². The molecule has 0 aliphatic rings. The Bertz CT molecular complexity index is 52.0. The molecule has 0 saturated heterocycles. The van der Waals surface area contributed by atoms with Gasteiger partial charge in [-0.25, -0.2) is 0 Å². The van der Waals surface area contributed by atoms with Gasteiger partial charge in [-0.15, -0.1) is 0 Å². The Morgan fingerprint density at radius 3 is 2.57 bits per heavy atom. The maximum absolute atomic E-state index is 9.69. The molecule has 0 N–H and O–H groups in total. The summed E-state index contributed by atoms with van der Waals surface area (Å²) >= 11 is 0. The highest BCUT2D eigenvalue weighted by atomic mass is 16.5. The van der Waals surface area contributed by atoms with Crippen molar-refractivity contribution in [2.75, 3.05) is 7.11 Å². The summed E-state index contributed by atoms with van der Waals surface area (Å²) in [7, 11) is 1.59. The summed E-state index contributed by atoms with van der Waals surface area (Å²) in [5.74, 6) is 0. The highest BCUT2D eigenvalue weighted by Crippen LogP contribution is 1.88. The molecule has 0 heterocycles. The van der Waals surface area contributed by atoms with E-state index in [0.29, 0.717) is 6.42 Å². The largest absolute Gasteiger partial charge is 0.381 e. The lowest BCUT2D eigenvalue weighted by molar-refractivity contribution is -0.109. The standard InChI is InChI=1S/C5H10O2/c1-5(7-2)3-4-6/h4-5H,3H2,1-2H3/t5-/m0/s1. The van der Waals surface area contributed by atoms with Gasteiger partial charge in [-0.3, -0.25) is 0 Å². The molecule has 0 aliphatic heterocycles. The Hall–Kier alpha value is -0.370. The molecule has 0 bridgehead atoms. The van der Waals surface area contributed by atoms with Crippen LogP contribution in [0, 0.1) is 0 Å². The molecule has 0 fully saturated rings. The van der Waals surface area contributed by atoms with Crippen LogP contribution in [-0.2, 0) is 9.53 Å². The SMILES string of the molecule is CO[C@@H](C)CC=O. The average molecular weight is 102 g/mol. The van der Waals surface area contributed by atoms with E-state index in [0.717, 1.165) is 6.29 Å². The molecule has 0 saturated carbocycles. The predicted molar refractivity (Wildman–Crippen MR) is 27.2 cm³/mol. The number of hydrogen-bond donors (Lipinski definition) is 0. The lowest BCUT2D eigenvalue weighted by atomic mass is 10.3. The molecule has 7 heavy (non-hydrogen) atoms. The molecule has 2 heteroatoms. The van der Waals surface area contributed by atoms with Crippen LogP contribution in [0.3, 0.4) is 0 Å². The molecule has 0 aliphatic carbocycles. The van der Waals surface area contributed by atoms with Crippen molar-refractivity contribution in [1.29, 1.82) is 0 Å². The molecule has 0 unspecified atom stereocenters. The van der Waals surface area contributed by atoms with Crippen molar-refractivity contribution in [2.45, 2.75) is 19.4 Å². The minimum absolute atomic E-state index is 0.0810. The van der Waals surface area contributed by atoms with Crippen molar-refractivity contribution in [3.8, 4) is 0 Å². The number of methoxy groups -OCH3 is 1. The van der Waals surface area contributed by atoms with Crippen LogP contribution < -0.4 is 0 Å². The van der Waals surface area contributed by atoms with E-state index in [1.165, 1.54) is 0 Å². The molecule has 0 amide bonds. The van der Waals surface area contributed by atoms with Crippen LogP contribution in [0.5, 0.6) is 0 Å². The molecule has 0 aromatic rings. The van der Waals surface area contributed by atoms with E-state index < -0.39 is 0 Å². The molecule has 42 valence electrons. The first-order valence-corrected chi connectivity index (χ1v) is 2.27. The van der Waals surface area contributed by atoms with Crippen LogP contribution in [-0.4, -0.2) is 19.5 Å². The number of aldehydes is 1. The van der Waals surface area contributed by atoms with Crippen LogP contribution in [0.2, 0.25) is 0 Å². The molecular formula is C5H10O2. The number of rotatable bonds is 3. The van der Waals surface area contributed by atoms with Crippen molar-refractivity contribution in [2.24, 2.45) is 0 Å². The summed E-state index contributed by atoms with van der Waals surface area (Å²) in [6, 6.07) is 0. The van der Waals surface area contributed by atoms with Gasteiger partial charge >= 0.3 is 0 Å². The summed E-state index contributed by atoms with van der Waals surface area (Å²) in [6.45, 7) is 1.86. The Morgan fingerprint density at radius 1 is 1.86 bits per heavy atom. The minimum Gasteiger partial charge on any atom is -0.381 e. The number of carbonyl (C=O) groups is 1. The summed E-state index contributed by atoms with van der Waals surface area (Å²) in [5.41, 5.74) is 0. The number of carbonyl (C=O) groups excluding carboxylic acids is 1. The molecule has 1 atom stereocenters. The fraction of sp³-hybridized carbons (Fsp3) is 0.800. The Kier molecular flexibility index (Phi) is 3.61. The molecule has 2 nitrogen and oxygen atoms in total. The maximum Gasteiger partial charge on any atom is 0.122 e. The van der Waals surface area contributed by atoms with Crippen LogP contribution in [0.4, 0.5) is 0 Å². The predicted octanol–water partition coefficient (Wildman–Crippen LogP) is 0.610. The van der Waals surface area contributed by atoms with E-state index in [4.69, 9.17) is 4.74 Å². The lowest BCUT2D eigenvalue weighted by Crippen LogP contribution is -2.03. The summed E-state index contributed by atoms with van der Waals surface area (Å²) in [5, 5.41) is 0. The van der Waals surface area contributed by atoms with Crippen molar-refractivity contribution in [1.82, 2.24) is 0 Å². The van der Waals surface area contributed by atoms with Gasteiger partial charge < -0.3 is 9.53 Å². The van der Waals surface area contributed by atoms with Gasteiger partial charge in [-0.1, -0.05) is 0 Å². The summed E-state index contributed by atoms with van der Waals surface area (Å²) < 4.78 is 4.76. The minimum atomic E-state index is 0.0810. The first-order chi connectivity index (χ1) is 3.31. The third-order valence-electron chi connectivity index (χ3n) is 0.831. The molecule has 0 aromatic heterocycles. The zero-order valence-corrected chi connectivity index (χ0v) is 4.68. The Labute approximate surface area is 43.5 Å². The smallest absolute Gasteiger partial charge is 0.122 e. The highest BCUT2D eigenvalue weighted by molar-refractivity contribution is 5.49. The monoisotopic (exact) mass is 102 g/mol. The third kappa shape index (κ3) is 3.46. The second-order valence-corrected chi connectivity index (χ2v) is 1.45. The van der Waals surface area contributed by atoms with E-state index in [2.05, 4.69) is 0 Å². The first-order valence-electron chi connectivity index (χ1n) is 2.27. The molecular weight excluding hydrogens is 92.1 g/mol. The van der Waals surface area contributed by atoms with Crippen LogP contribution in [0.1, 0.15) is 13.3 Å². The van der Waals surface area contributed by atoms with E-state index in [1.807, 2.05) is 6.92 Å². The van der Waals surface area contributed by atoms with E-state index >= 15 is 0 Å². The fourth-order valence-electron chi connectivity index (χ4n) is 0.232. The summed E-state index contributed by atoms with van der Waals surface area (Å²) in [4.78, 5) is 9.69. The first kappa shape index (κ1) is 6.63. The Morgan fingerprint density at radius 2 is 2.43 bits per heavy atom. The van der Waals surface area contributed by atoms with Crippen molar-refractivity contribution in [3.05, 3.63) is 0 Å². The normalized spacial score (nSPS) is 13.4. The van der Waals surface area contributed by atoms with Crippen molar-refractivity contribution < 1.29 is 9.53 Å². The molecule has 0 spiro atoms. The highest BCUT2D eigenvalue weighted by Gasteiger charge is 1.93. The second kappa shape index (κ2) is 3.81. The maximum atomic E-state index is 9.69. The topological polar surface area (TPSA) is 26.3 Å². The number of hydrogen-bond acceptors (Lipinski definition) is 2. The van der Waals surface area contributed by atoms with Gasteiger partial charge in [0, 0.05) is 13.5 Å². The zero-order chi connectivity index (χ0) is 5.70. The lowest BCUT2D eigenvalue weighted by Gasteiger charge is -2.00. The summed E-state index contributed by atoms with van der Waals surface area (Å²) in [6.07, 6.45) is 1.43. The van der Waals surface area contributed by atoms with Gasteiger partial charge in [0.1, 0.15) is 6.29 Å². The Balaban J connectivity index is 2.98.